The molecule has 3 heteroatoms. The van der Waals surface area contributed by atoms with E-state index in [-0.39, 0.29) is 11.2 Å². The van der Waals surface area contributed by atoms with E-state index < -0.39 is 0 Å². The highest BCUT2D eigenvalue weighted by atomic mass is 32.2. The average Bonchev–Trinajstić information content (AvgIpc) is 2.29. The highest BCUT2D eigenvalue weighted by molar-refractivity contribution is 8.00. The Labute approximate surface area is 101 Å². The molecule has 0 heterocycles. The Morgan fingerprint density at radius 1 is 1.31 bits per heavy atom. The number of rotatable bonds is 5. The second-order valence-corrected chi connectivity index (χ2v) is 5.56. The van der Waals surface area contributed by atoms with Crippen LogP contribution in [0.15, 0.2) is 30.3 Å². The van der Waals surface area contributed by atoms with E-state index in [0.29, 0.717) is 11.7 Å². The monoisotopic (exact) mass is 238 g/mol. The van der Waals surface area contributed by atoms with Crippen LogP contribution >= 0.6 is 11.8 Å². The van der Waals surface area contributed by atoms with Gasteiger partial charge in [-0.2, -0.15) is 11.8 Å². The van der Waals surface area contributed by atoms with Crippen molar-refractivity contribution in [2.24, 2.45) is 0 Å². The van der Waals surface area contributed by atoms with Gasteiger partial charge in [0.15, 0.2) is 0 Å². The zero-order valence-corrected chi connectivity index (χ0v) is 10.8. The first kappa shape index (κ1) is 13.1. The van der Waals surface area contributed by atoms with E-state index >= 15 is 0 Å². The molecule has 0 aliphatic heterocycles. The minimum Gasteiger partial charge on any atom is -0.469 e. The molecule has 16 heavy (non-hydrogen) atoms. The number of thioether (sulfide) groups is 1. The maximum Gasteiger partial charge on any atom is 0.306 e. The number of benzene rings is 1. The molecule has 0 radical (unpaired) electrons. The summed E-state index contributed by atoms with van der Waals surface area (Å²) in [5.74, 6) is -0.139. The molecule has 0 amide bonds. The summed E-state index contributed by atoms with van der Waals surface area (Å²) in [6.07, 6.45) is 0.471. The van der Waals surface area contributed by atoms with Gasteiger partial charge < -0.3 is 4.74 Å². The Hall–Kier alpha value is -0.960. The van der Waals surface area contributed by atoms with Crippen LogP contribution in [0.5, 0.6) is 0 Å². The number of carbonyl (C=O) groups is 1. The molecule has 2 atom stereocenters. The molecule has 1 aromatic carbocycles. The summed E-state index contributed by atoms with van der Waals surface area (Å²) < 4.78 is 4.66. The first-order chi connectivity index (χ1) is 7.63. The van der Waals surface area contributed by atoms with Gasteiger partial charge >= 0.3 is 5.97 Å². The summed E-state index contributed by atoms with van der Waals surface area (Å²) >= 11 is 1.80. The number of carbonyl (C=O) groups excluding carboxylic acids is 1. The fraction of sp³-hybridized carbons (Fsp3) is 0.462. The maximum absolute atomic E-state index is 11.1. The zero-order valence-electron chi connectivity index (χ0n) is 9.97. The molecule has 1 aromatic rings. The largest absolute Gasteiger partial charge is 0.469 e. The molecule has 0 aliphatic carbocycles. The third-order valence-electron chi connectivity index (χ3n) is 2.39. The van der Waals surface area contributed by atoms with Crippen molar-refractivity contribution in [2.45, 2.75) is 30.8 Å². The summed E-state index contributed by atoms with van der Waals surface area (Å²) in [4.78, 5) is 11.1. The van der Waals surface area contributed by atoms with Crippen LogP contribution < -0.4 is 0 Å². The van der Waals surface area contributed by atoms with Crippen molar-refractivity contribution in [2.75, 3.05) is 7.11 Å². The van der Waals surface area contributed by atoms with Crippen LogP contribution in [0.2, 0.25) is 0 Å². The minimum absolute atomic E-state index is 0.139. The first-order valence-corrected chi connectivity index (χ1v) is 6.35. The third kappa shape index (κ3) is 4.27. The summed E-state index contributed by atoms with van der Waals surface area (Å²) in [5, 5.41) is 0.684. The van der Waals surface area contributed by atoms with Crippen LogP contribution in [0.3, 0.4) is 0 Å². The lowest BCUT2D eigenvalue weighted by atomic mass is 10.2. The fourth-order valence-corrected chi connectivity index (χ4v) is 2.76. The van der Waals surface area contributed by atoms with E-state index in [1.165, 1.54) is 12.7 Å². The predicted molar refractivity (Wildman–Crippen MR) is 68.5 cm³/mol. The fourth-order valence-electron chi connectivity index (χ4n) is 1.52. The topological polar surface area (TPSA) is 26.3 Å². The Balaban J connectivity index is 2.45. The molecule has 0 aromatic heterocycles. The van der Waals surface area contributed by atoms with E-state index in [1.807, 2.05) is 18.2 Å². The van der Waals surface area contributed by atoms with Crippen LogP contribution in [-0.2, 0) is 9.53 Å². The van der Waals surface area contributed by atoms with E-state index in [2.05, 4.69) is 30.7 Å². The molecule has 0 N–H and O–H groups in total. The molecular weight excluding hydrogens is 220 g/mol. The Morgan fingerprint density at radius 2 is 1.94 bits per heavy atom. The molecule has 1 rings (SSSR count). The van der Waals surface area contributed by atoms with Crippen LogP contribution in [0.4, 0.5) is 0 Å². The third-order valence-corrected chi connectivity index (χ3v) is 3.70. The Bertz CT molecular complexity index is 324. The standard InChI is InChI=1S/C13H18O2S/c1-10(9-13(14)15-3)16-11(2)12-7-5-4-6-8-12/h4-8,10-11H,9H2,1-3H3. The molecule has 0 bridgehead atoms. The maximum atomic E-state index is 11.1. The summed E-state index contributed by atoms with van der Waals surface area (Å²) in [6.45, 7) is 4.22. The molecule has 0 fully saturated rings. The van der Waals surface area contributed by atoms with Gasteiger partial charge in [0, 0.05) is 10.5 Å². The minimum atomic E-state index is -0.139. The molecule has 88 valence electrons. The van der Waals surface area contributed by atoms with E-state index in [4.69, 9.17) is 0 Å². The molecule has 0 saturated heterocycles. The number of hydrogen-bond acceptors (Lipinski definition) is 3. The second kappa shape index (κ2) is 6.59. The first-order valence-electron chi connectivity index (χ1n) is 5.40. The van der Waals surface area contributed by atoms with Gasteiger partial charge in [0.1, 0.15) is 0 Å². The lowest BCUT2D eigenvalue weighted by Gasteiger charge is -2.16. The number of hydrogen-bond donors (Lipinski definition) is 0. The van der Waals surface area contributed by atoms with Gasteiger partial charge in [-0.25, -0.2) is 0 Å². The van der Waals surface area contributed by atoms with Crippen molar-refractivity contribution in [3.05, 3.63) is 35.9 Å². The van der Waals surface area contributed by atoms with Gasteiger partial charge in [-0.3, -0.25) is 4.79 Å². The molecule has 2 nitrogen and oxygen atoms in total. The number of esters is 1. The van der Waals surface area contributed by atoms with Crippen molar-refractivity contribution in [3.63, 3.8) is 0 Å². The van der Waals surface area contributed by atoms with E-state index in [1.54, 1.807) is 11.8 Å². The van der Waals surface area contributed by atoms with Crippen LogP contribution in [-0.4, -0.2) is 18.3 Å². The summed E-state index contributed by atoms with van der Waals surface area (Å²) in [5.41, 5.74) is 1.30. The molecule has 0 aliphatic rings. The Kier molecular flexibility index (Phi) is 5.39. The van der Waals surface area contributed by atoms with Crippen molar-refractivity contribution in [1.82, 2.24) is 0 Å². The van der Waals surface area contributed by atoms with E-state index in [9.17, 15) is 4.79 Å². The number of ether oxygens (including phenoxy) is 1. The lowest BCUT2D eigenvalue weighted by molar-refractivity contribution is -0.140. The van der Waals surface area contributed by atoms with Crippen molar-refractivity contribution in [1.29, 1.82) is 0 Å². The van der Waals surface area contributed by atoms with Crippen molar-refractivity contribution < 1.29 is 9.53 Å². The lowest BCUT2D eigenvalue weighted by Crippen LogP contribution is -2.09. The molecular formula is C13H18O2S. The van der Waals surface area contributed by atoms with Crippen molar-refractivity contribution >= 4 is 17.7 Å². The van der Waals surface area contributed by atoms with Crippen LogP contribution in [0.25, 0.3) is 0 Å². The smallest absolute Gasteiger partial charge is 0.306 e. The normalized spacial score (nSPS) is 14.2. The highest BCUT2D eigenvalue weighted by Gasteiger charge is 2.14. The van der Waals surface area contributed by atoms with Gasteiger partial charge in [0.05, 0.1) is 13.5 Å². The van der Waals surface area contributed by atoms with Gasteiger partial charge in [0.2, 0.25) is 0 Å². The average molecular weight is 238 g/mol. The SMILES string of the molecule is COC(=O)CC(C)SC(C)c1ccccc1. The predicted octanol–water partition coefficient (Wildman–Crippen LogP) is 3.43. The highest BCUT2D eigenvalue weighted by Crippen LogP contribution is 2.32. The quantitative estimate of drug-likeness (QED) is 0.735. The second-order valence-electron chi connectivity index (χ2n) is 3.78. The Morgan fingerprint density at radius 3 is 2.50 bits per heavy atom. The van der Waals surface area contributed by atoms with Gasteiger partial charge in [-0.05, 0) is 12.5 Å². The van der Waals surface area contributed by atoms with Gasteiger partial charge in [0.25, 0.3) is 0 Å². The molecule has 0 saturated carbocycles. The van der Waals surface area contributed by atoms with Crippen LogP contribution in [0.1, 0.15) is 31.1 Å². The van der Waals surface area contributed by atoms with E-state index in [0.717, 1.165) is 0 Å². The van der Waals surface area contributed by atoms with Crippen molar-refractivity contribution in [3.8, 4) is 0 Å². The number of methoxy groups -OCH3 is 1. The summed E-state index contributed by atoms with van der Waals surface area (Å²) in [6, 6.07) is 10.3. The van der Waals surface area contributed by atoms with Gasteiger partial charge in [-0.1, -0.05) is 37.3 Å². The molecule has 0 spiro atoms. The summed E-state index contributed by atoms with van der Waals surface area (Å²) in [7, 11) is 1.43. The molecule has 2 unspecified atom stereocenters. The zero-order chi connectivity index (χ0) is 12.0. The van der Waals surface area contributed by atoms with Gasteiger partial charge in [-0.15, -0.1) is 0 Å². The van der Waals surface area contributed by atoms with Crippen LogP contribution in [0, 0.1) is 0 Å².